The van der Waals surface area contributed by atoms with E-state index in [1.54, 1.807) is 74.9 Å². The zero-order valence-corrected chi connectivity index (χ0v) is 18.7. The molecule has 0 aliphatic carbocycles. The molecule has 170 valence electrons. The summed E-state index contributed by atoms with van der Waals surface area (Å²) in [7, 11) is 4.57. The fourth-order valence-electron chi connectivity index (χ4n) is 4.20. The van der Waals surface area contributed by atoms with E-state index < -0.39 is 17.9 Å². The second-order valence-electron chi connectivity index (χ2n) is 7.76. The number of hydrogen-bond acceptors (Lipinski definition) is 6. The molecule has 0 saturated carbocycles. The van der Waals surface area contributed by atoms with Crippen molar-refractivity contribution in [1.82, 2.24) is 0 Å². The topological polar surface area (TPSA) is 85.3 Å². The van der Waals surface area contributed by atoms with Crippen molar-refractivity contribution in [1.29, 1.82) is 0 Å². The number of benzene rings is 3. The van der Waals surface area contributed by atoms with E-state index in [0.29, 0.717) is 34.1 Å². The summed E-state index contributed by atoms with van der Waals surface area (Å²) < 4.78 is 15.9. The van der Waals surface area contributed by atoms with Crippen molar-refractivity contribution in [2.24, 2.45) is 0 Å². The van der Waals surface area contributed by atoms with Gasteiger partial charge in [0, 0.05) is 5.56 Å². The van der Waals surface area contributed by atoms with Crippen LogP contribution >= 0.6 is 0 Å². The van der Waals surface area contributed by atoms with Crippen molar-refractivity contribution in [3.05, 3.63) is 83.4 Å². The second-order valence-corrected chi connectivity index (χ2v) is 7.76. The molecule has 0 radical (unpaired) electrons. The zero-order chi connectivity index (χ0) is 23.6. The first kappa shape index (κ1) is 22.4. The Morgan fingerprint density at radius 2 is 1.55 bits per heavy atom. The predicted molar refractivity (Wildman–Crippen MR) is 123 cm³/mol. The van der Waals surface area contributed by atoms with Crippen LogP contribution in [0.3, 0.4) is 0 Å². The van der Waals surface area contributed by atoms with E-state index in [9.17, 15) is 14.7 Å². The van der Waals surface area contributed by atoms with Gasteiger partial charge in [-0.15, -0.1) is 0 Å². The van der Waals surface area contributed by atoms with Gasteiger partial charge in [-0.3, -0.25) is 9.59 Å². The van der Waals surface area contributed by atoms with Crippen molar-refractivity contribution < 1.29 is 28.9 Å². The Balaban J connectivity index is 1.68. The lowest BCUT2D eigenvalue weighted by molar-refractivity contribution is -0.136. The monoisotopic (exact) mass is 447 g/mol. The third-order valence-corrected chi connectivity index (χ3v) is 5.85. The molecule has 1 unspecified atom stereocenters. The van der Waals surface area contributed by atoms with Gasteiger partial charge in [0.1, 0.15) is 5.75 Å². The molecule has 1 heterocycles. The van der Waals surface area contributed by atoms with Crippen LogP contribution in [0.25, 0.3) is 0 Å². The van der Waals surface area contributed by atoms with Crippen LogP contribution in [0.1, 0.15) is 27.9 Å². The van der Waals surface area contributed by atoms with Gasteiger partial charge in [-0.1, -0.05) is 36.4 Å². The number of anilines is 1. The normalized spacial score (nSPS) is 17.0. The molecule has 0 saturated heterocycles. The van der Waals surface area contributed by atoms with Crippen molar-refractivity contribution in [2.45, 2.75) is 18.6 Å². The van der Waals surface area contributed by atoms with E-state index in [4.69, 9.17) is 14.2 Å². The van der Waals surface area contributed by atoms with E-state index in [1.165, 1.54) is 12.0 Å². The number of para-hydroxylation sites is 2. The minimum atomic E-state index is -1.98. The number of amides is 1. The van der Waals surface area contributed by atoms with Crippen LogP contribution < -0.4 is 19.1 Å². The summed E-state index contributed by atoms with van der Waals surface area (Å²) in [6.45, 7) is 0.196. The van der Waals surface area contributed by atoms with Gasteiger partial charge in [0.15, 0.2) is 22.9 Å². The number of methoxy groups -OCH3 is 3. The van der Waals surface area contributed by atoms with Gasteiger partial charge in [-0.2, -0.15) is 0 Å². The minimum Gasteiger partial charge on any atom is -0.496 e. The summed E-state index contributed by atoms with van der Waals surface area (Å²) >= 11 is 0. The van der Waals surface area contributed by atoms with Crippen LogP contribution in [0.4, 0.5) is 5.69 Å². The van der Waals surface area contributed by atoms with Crippen LogP contribution in [0.5, 0.6) is 17.2 Å². The minimum absolute atomic E-state index is 0.196. The van der Waals surface area contributed by atoms with Crippen LogP contribution in [0.2, 0.25) is 0 Å². The van der Waals surface area contributed by atoms with Gasteiger partial charge in [0.05, 0.1) is 45.5 Å². The molecule has 1 amide bonds. The molecule has 3 aromatic carbocycles. The van der Waals surface area contributed by atoms with Crippen LogP contribution in [-0.4, -0.2) is 38.1 Å². The molecular weight excluding hydrogens is 422 g/mol. The summed E-state index contributed by atoms with van der Waals surface area (Å²) in [4.78, 5) is 28.1. The number of carbonyl (C=O) groups is 2. The molecule has 0 fully saturated rings. The molecule has 0 bridgehead atoms. The number of rotatable bonds is 8. The van der Waals surface area contributed by atoms with Gasteiger partial charge in [0.25, 0.3) is 5.91 Å². The summed E-state index contributed by atoms with van der Waals surface area (Å²) in [6.07, 6.45) is -0.397. The average Bonchev–Trinajstić information content (AvgIpc) is 3.05. The van der Waals surface area contributed by atoms with Gasteiger partial charge < -0.3 is 24.2 Å². The number of aliphatic hydroxyl groups is 1. The first-order chi connectivity index (χ1) is 15.9. The summed E-state index contributed by atoms with van der Waals surface area (Å²) in [5, 5.41) is 11.5. The smallest absolute Gasteiger partial charge is 0.264 e. The van der Waals surface area contributed by atoms with E-state index in [2.05, 4.69) is 0 Å². The summed E-state index contributed by atoms with van der Waals surface area (Å²) in [5.74, 6) is 0.574. The first-order valence-electron chi connectivity index (χ1n) is 10.4. The number of Topliss-reactive ketones (excluding diaryl/α,β-unsaturated/α-hetero) is 1. The largest absolute Gasteiger partial charge is 0.496 e. The molecule has 1 aliphatic rings. The standard InChI is InChI=1S/C26H25NO6/c1-31-22-11-7-4-8-18(22)21(28)15-26(30)19-9-5-6-10-20(19)27(25(26)29)16-17-12-13-23(32-2)24(14-17)33-3/h4-14,30H,15-16H2,1-3H3. The summed E-state index contributed by atoms with van der Waals surface area (Å²) in [6, 6.07) is 19.1. The van der Waals surface area contributed by atoms with Gasteiger partial charge in [-0.25, -0.2) is 0 Å². The Morgan fingerprint density at radius 3 is 2.27 bits per heavy atom. The van der Waals surface area contributed by atoms with E-state index in [-0.39, 0.29) is 12.3 Å². The number of hydrogen-bond donors (Lipinski definition) is 1. The Bertz CT molecular complexity index is 1210. The predicted octanol–water partition coefficient (Wildman–Crippen LogP) is 3.72. The highest BCUT2D eigenvalue weighted by atomic mass is 16.5. The number of ketones is 1. The van der Waals surface area contributed by atoms with Gasteiger partial charge >= 0.3 is 0 Å². The van der Waals surface area contributed by atoms with Crippen molar-refractivity contribution in [3.63, 3.8) is 0 Å². The molecule has 0 aromatic heterocycles. The quantitative estimate of drug-likeness (QED) is 0.530. The van der Waals surface area contributed by atoms with E-state index >= 15 is 0 Å². The molecule has 1 N–H and O–H groups in total. The highest BCUT2D eigenvalue weighted by Crippen LogP contribution is 2.44. The maximum atomic E-state index is 13.5. The van der Waals surface area contributed by atoms with Gasteiger partial charge in [0.2, 0.25) is 0 Å². The SMILES string of the molecule is COc1ccc(CN2C(=O)C(O)(CC(=O)c3ccccc3OC)c3ccccc32)cc1OC. The second kappa shape index (κ2) is 8.96. The molecule has 0 spiro atoms. The maximum absolute atomic E-state index is 13.5. The number of ether oxygens (including phenoxy) is 3. The molecule has 33 heavy (non-hydrogen) atoms. The highest BCUT2D eigenvalue weighted by Gasteiger charge is 2.51. The molecule has 1 aliphatic heterocycles. The molecule has 3 aromatic rings. The first-order valence-corrected chi connectivity index (χ1v) is 10.4. The number of fused-ring (bicyclic) bond motifs is 1. The lowest BCUT2D eigenvalue weighted by Gasteiger charge is -2.23. The lowest BCUT2D eigenvalue weighted by atomic mass is 9.88. The lowest BCUT2D eigenvalue weighted by Crippen LogP contribution is -2.41. The third kappa shape index (κ3) is 3.91. The van der Waals surface area contributed by atoms with E-state index in [1.807, 2.05) is 6.07 Å². The molecule has 7 nitrogen and oxygen atoms in total. The van der Waals surface area contributed by atoms with Crippen molar-refractivity contribution in [3.8, 4) is 17.2 Å². The Labute approximate surface area is 192 Å². The highest BCUT2D eigenvalue weighted by molar-refractivity contribution is 6.11. The zero-order valence-electron chi connectivity index (χ0n) is 18.7. The van der Waals surface area contributed by atoms with Crippen LogP contribution in [0.15, 0.2) is 66.7 Å². The molecule has 7 heteroatoms. The van der Waals surface area contributed by atoms with Gasteiger partial charge in [-0.05, 0) is 35.9 Å². The molecule has 1 atom stereocenters. The van der Waals surface area contributed by atoms with Crippen molar-refractivity contribution in [2.75, 3.05) is 26.2 Å². The fraction of sp³-hybridized carbons (Fsp3) is 0.231. The third-order valence-electron chi connectivity index (χ3n) is 5.85. The fourth-order valence-corrected chi connectivity index (χ4v) is 4.20. The molecule has 4 rings (SSSR count). The Kier molecular flexibility index (Phi) is 6.07. The maximum Gasteiger partial charge on any atom is 0.264 e. The van der Waals surface area contributed by atoms with Crippen molar-refractivity contribution >= 4 is 17.4 Å². The molecular formula is C26H25NO6. The van der Waals surface area contributed by atoms with E-state index in [0.717, 1.165) is 5.56 Å². The number of nitrogens with zero attached hydrogens (tertiary/aromatic N) is 1. The van der Waals surface area contributed by atoms with Crippen LogP contribution in [0, 0.1) is 0 Å². The average molecular weight is 447 g/mol. The summed E-state index contributed by atoms with van der Waals surface area (Å²) in [5.41, 5.74) is 0.0879. The number of carbonyl (C=O) groups excluding carboxylic acids is 2. The Hall–Kier alpha value is -3.84. The Morgan fingerprint density at radius 1 is 0.879 bits per heavy atom. The van der Waals surface area contributed by atoms with Crippen LogP contribution in [-0.2, 0) is 16.9 Å².